The summed E-state index contributed by atoms with van der Waals surface area (Å²) in [5, 5.41) is 0. The molecule has 0 bridgehead atoms. The average molecular weight is 186 g/mol. The number of nitrogens with two attached hydrogens (primary N) is 1. The second-order valence-electron chi connectivity index (χ2n) is 3.29. The van der Waals surface area contributed by atoms with Gasteiger partial charge in [0.15, 0.2) is 0 Å². The van der Waals surface area contributed by atoms with Crippen molar-refractivity contribution in [2.24, 2.45) is 5.73 Å². The molecule has 0 unspecified atom stereocenters. The van der Waals surface area contributed by atoms with Crippen molar-refractivity contribution in [3.05, 3.63) is 48.8 Å². The lowest BCUT2D eigenvalue weighted by atomic mass is 10.1. The Morgan fingerprint density at radius 2 is 1.79 bits per heavy atom. The highest BCUT2D eigenvalue weighted by molar-refractivity contribution is 5.62. The molecule has 0 radical (unpaired) electrons. The molecule has 72 valence electrons. The molecule has 1 heterocycles. The standard InChI is InChI=1S/C12H14N2/c13-7-9-14-8-6-12(10-14)11-4-2-1-3-5-11/h1-6,8,10H,7,9,13H2. The van der Waals surface area contributed by atoms with Crippen molar-refractivity contribution in [1.82, 2.24) is 4.57 Å². The van der Waals surface area contributed by atoms with E-state index in [1.807, 2.05) is 6.07 Å². The molecule has 0 aliphatic rings. The summed E-state index contributed by atoms with van der Waals surface area (Å²) in [6, 6.07) is 12.5. The van der Waals surface area contributed by atoms with Gasteiger partial charge in [-0.2, -0.15) is 0 Å². The maximum Gasteiger partial charge on any atom is 0.0342 e. The highest BCUT2D eigenvalue weighted by Crippen LogP contribution is 2.18. The summed E-state index contributed by atoms with van der Waals surface area (Å²) in [7, 11) is 0. The molecule has 0 aliphatic carbocycles. The third-order valence-electron chi connectivity index (χ3n) is 2.24. The van der Waals surface area contributed by atoms with Crippen LogP contribution in [0.4, 0.5) is 0 Å². The van der Waals surface area contributed by atoms with Crippen molar-refractivity contribution in [3.8, 4) is 11.1 Å². The normalized spacial score (nSPS) is 10.4. The van der Waals surface area contributed by atoms with E-state index in [0.29, 0.717) is 6.54 Å². The lowest BCUT2D eigenvalue weighted by Gasteiger charge is -1.98. The zero-order valence-electron chi connectivity index (χ0n) is 8.06. The molecule has 0 saturated carbocycles. The molecule has 0 aliphatic heterocycles. The highest BCUT2D eigenvalue weighted by Gasteiger charge is 1.97. The lowest BCUT2D eigenvalue weighted by molar-refractivity contribution is 0.714. The molecule has 2 nitrogen and oxygen atoms in total. The first-order chi connectivity index (χ1) is 6.90. The van der Waals surface area contributed by atoms with Gasteiger partial charge in [0.25, 0.3) is 0 Å². The van der Waals surface area contributed by atoms with Gasteiger partial charge in [0, 0.05) is 25.5 Å². The van der Waals surface area contributed by atoms with Crippen molar-refractivity contribution < 1.29 is 0 Å². The van der Waals surface area contributed by atoms with Crippen LogP contribution >= 0.6 is 0 Å². The molecule has 0 fully saturated rings. The van der Waals surface area contributed by atoms with Gasteiger partial charge in [-0.1, -0.05) is 30.3 Å². The number of aromatic nitrogens is 1. The predicted molar refractivity (Wildman–Crippen MR) is 58.9 cm³/mol. The van der Waals surface area contributed by atoms with Crippen molar-refractivity contribution in [3.63, 3.8) is 0 Å². The molecule has 14 heavy (non-hydrogen) atoms. The molecule has 0 spiro atoms. The monoisotopic (exact) mass is 186 g/mol. The van der Waals surface area contributed by atoms with Crippen LogP contribution in [0.5, 0.6) is 0 Å². The Balaban J connectivity index is 2.25. The minimum absolute atomic E-state index is 0.683. The SMILES string of the molecule is NCCn1ccc(-c2ccccc2)c1. The fraction of sp³-hybridized carbons (Fsp3) is 0.167. The maximum atomic E-state index is 5.49. The number of rotatable bonds is 3. The summed E-state index contributed by atoms with van der Waals surface area (Å²) in [6.45, 7) is 1.57. The third-order valence-corrected chi connectivity index (χ3v) is 2.24. The van der Waals surface area contributed by atoms with E-state index in [0.717, 1.165) is 6.54 Å². The fourth-order valence-corrected chi connectivity index (χ4v) is 1.53. The van der Waals surface area contributed by atoms with Crippen LogP contribution in [0, 0.1) is 0 Å². The molecule has 1 aromatic carbocycles. The van der Waals surface area contributed by atoms with Crippen LogP contribution < -0.4 is 5.73 Å². The van der Waals surface area contributed by atoms with Crippen LogP contribution in [-0.4, -0.2) is 11.1 Å². The summed E-state index contributed by atoms with van der Waals surface area (Å²) in [6.07, 6.45) is 4.19. The largest absolute Gasteiger partial charge is 0.352 e. The fourth-order valence-electron chi connectivity index (χ4n) is 1.53. The maximum absolute atomic E-state index is 5.49. The second kappa shape index (κ2) is 4.11. The summed E-state index contributed by atoms with van der Waals surface area (Å²) < 4.78 is 2.11. The van der Waals surface area contributed by atoms with Crippen LogP contribution in [0.1, 0.15) is 0 Å². The highest BCUT2D eigenvalue weighted by atomic mass is 14.9. The van der Waals surface area contributed by atoms with Crippen LogP contribution in [0.2, 0.25) is 0 Å². The molecule has 2 rings (SSSR count). The number of nitrogens with zero attached hydrogens (tertiary/aromatic N) is 1. The summed E-state index contributed by atoms with van der Waals surface area (Å²) in [4.78, 5) is 0. The molecule has 0 atom stereocenters. The Kier molecular flexibility index (Phi) is 2.65. The molecule has 2 N–H and O–H groups in total. The molecule has 2 heteroatoms. The van der Waals surface area contributed by atoms with Gasteiger partial charge in [-0.25, -0.2) is 0 Å². The minimum atomic E-state index is 0.683. The van der Waals surface area contributed by atoms with Crippen LogP contribution in [-0.2, 0) is 6.54 Å². The molecule has 1 aromatic heterocycles. The van der Waals surface area contributed by atoms with Gasteiger partial charge < -0.3 is 10.3 Å². The Hall–Kier alpha value is -1.54. The first kappa shape index (κ1) is 9.03. The third kappa shape index (κ3) is 1.86. The summed E-state index contributed by atoms with van der Waals surface area (Å²) in [5.74, 6) is 0. The average Bonchev–Trinajstić information content (AvgIpc) is 2.68. The van der Waals surface area contributed by atoms with Crippen molar-refractivity contribution in [2.75, 3.05) is 6.54 Å². The Labute approximate surface area is 84.0 Å². The van der Waals surface area contributed by atoms with Gasteiger partial charge in [-0.3, -0.25) is 0 Å². The number of hydrogen-bond acceptors (Lipinski definition) is 1. The first-order valence-electron chi connectivity index (χ1n) is 4.81. The Bertz CT molecular complexity index is 390. The second-order valence-corrected chi connectivity index (χ2v) is 3.29. The zero-order valence-corrected chi connectivity index (χ0v) is 8.06. The predicted octanol–water partition coefficient (Wildman–Crippen LogP) is 2.11. The topological polar surface area (TPSA) is 30.9 Å². The van der Waals surface area contributed by atoms with Gasteiger partial charge in [0.1, 0.15) is 0 Å². The lowest BCUT2D eigenvalue weighted by Crippen LogP contribution is -2.07. The Morgan fingerprint density at radius 3 is 2.50 bits per heavy atom. The molecular weight excluding hydrogens is 172 g/mol. The smallest absolute Gasteiger partial charge is 0.0342 e. The zero-order chi connectivity index (χ0) is 9.80. The van der Waals surface area contributed by atoms with Gasteiger partial charge in [-0.15, -0.1) is 0 Å². The quantitative estimate of drug-likeness (QED) is 0.782. The van der Waals surface area contributed by atoms with E-state index in [9.17, 15) is 0 Å². The Morgan fingerprint density at radius 1 is 1.00 bits per heavy atom. The van der Waals surface area contributed by atoms with Crippen LogP contribution in [0.15, 0.2) is 48.8 Å². The number of benzene rings is 1. The molecule has 0 amide bonds. The van der Waals surface area contributed by atoms with Crippen LogP contribution in [0.25, 0.3) is 11.1 Å². The van der Waals surface area contributed by atoms with Crippen molar-refractivity contribution in [2.45, 2.75) is 6.54 Å². The van der Waals surface area contributed by atoms with E-state index in [4.69, 9.17) is 5.73 Å². The van der Waals surface area contributed by atoms with Gasteiger partial charge in [-0.05, 0) is 17.2 Å². The first-order valence-corrected chi connectivity index (χ1v) is 4.81. The van der Waals surface area contributed by atoms with Crippen LogP contribution in [0.3, 0.4) is 0 Å². The van der Waals surface area contributed by atoms with Crippen molar-refractivity contribution in [1.29, 1.82) is 0 Å². The minimum Gasteiger partial charge on any atom is -0.352 e. The summed E-state index contributed by atoms with van der Waals surface area (Å²) >= 11 is 0. The van der Waals surface area contributed by atoms with E-state index < -0.39 is 0 Å². The van der Waals surface area contributed by atoms with E-state index in [-0.39, 0.29) is 0 Å². The van der Waals surface area contributed by atoms with Crippen molar-refractivity contribution >= 4 is 0 Å². The van der Waals surface area contributed by atoms with Gasteiger partial charge in [0.2, 0.25) is 0 Å². The van der Waals surface area contributed by atoms with E-state index in [1.54, 1.807) is 0 Å². The molecule has 2 aromatic rings. The summed E-state index contributed by atoms with van der Waals surface area (Å²) in [5.41, 5.74) is 7.99. The van der Waals surface area contributed by atoms with Gasteiger partial charge >= 0.3 is 0 Å². The molecular formula is C12H14N2. The van der Waals surface area contributed by atoms with E-state index in [2.05, 4.69) is 47.3 Å². The molecule has 0 saturated heterocycles. The number of hydrogen-bond donors (Lipinski definition) is 1. The van der Waals surface area contributed by atoms with E-state index >= 15 is 0 Å². The van der Waals surface area contributed by atoms with E-state index in [1.165, 1.54) is 11.1 Å². The van der Waals surface area contributed by atoms with Gasteiger partial charge in [0.05, 0.1) is 0 Å².